The van der Waals surface area contributed by atoms with Gasteiger partial charge in [-0.3, -0.25) is 4.68 Å². The summed E-state index contributed by atoms with van der Waals surface area (Å²) in [6.07, 6.45) is 6.99. The SMILES string of the molecule is Cc1cc(NC(=O)NS(=O)(=O)N(c2cnn(C)c2)[C@@H]2CCCN(C)C2)c(C2CC2)s1. The standard InChI is InChI=1S/C19H28N6O3S2/c1-13-9-17(18(29-13)14-6-7-14)21-19(26)22-30(27,28)25(16-10-20-24(3)12-16)15-5-4-8-23(2)11-15/h9-10,12,14-15H,4-8,11H2,1-3H3,(H2,21,22,26)/t15-/m1/s1. The highest BCUT2D eigenvalue weighted by Gasteiger charge is 2.35. The van der Waals surface area contributed by atoms with Crippen LogP contribution >= 0.6 is 11.3 Å². The number of nitrogens with zero attached hydrogens (tertiary/aromatic N) is 4. The van der Waals surface area contributed by atoms with E-state index < -0.39 is 16.2 Å². The number of rotatable bonds is 6. The van der Waals surface area contributed by atoms with E-state index >= 15 is 0 Å². The van der Waals surface area contributed by atoms with Gasteiger partial charge in [0.25, 0.3) is 0 Å². The molecule has 2 amide bonds. The Morgan fingerprint density at radius 3 is 2.70 bits per heavy atom. The van der Waals surface area contributed by atoms with Gasteiger partial charge in [0.1, 0.15) is 0 Å². The first-order valence-electron chi connectivity index (χ1n) is 10.1. The molecule has 3 heterocycles. The van der Waals surface area contributed by atoms with Gasteiger partial charge in [-0.1, -0.05) is 0 Å². The van der Waals surface area contributed by atoms with Crippen molar-refractivity contribution in [1.29, 1.82) is 0 Å². The summed E-state index contributed by atoms with van der Waals surface area (Å²) in [6, 6.07) is 0.885. The number of carbonyl (C=O) groups excluding carboxylic acids is 1. The Kier molecular flexibility index (Phi) is 5.78. The van der Waals surface area contributed by atoms with E-state index in [1.54, 1.807) is 29.3 Å². The van der Waals surface area contributed by atoms with Gasteiger partial charge < -0.3 is 10.2 Å². The number of urea groups is 1. The van der Waals surface area contributed by atoms with Crippen LogP contribution in [0.4, 0.5) is 16.2 Å². The van der Waals surface area contributed by atoms with Gasteiger partial charge >= 0.3 is 16.2 Å². The van der Waals surface area contributed by atoms with Crippen molar-refractivity contribution in [3.8, 4) is 0 Å². The first-order chi connectivity index (χ1) is 14.2. The number of carbonyl (C=O) groups is 1. The summed E-state index contributed by atoms with van der Waals surface area (Å²) in [4.78, 5) is 17.0. The minimum Gasteiger partial charge on any atom is -0.306 e. The van der Waals surface area contributed by atoms with Gasteiger partial charge in [-0.2, -0.15) is 13.5 Å². The number of hydrogen-bond donors (Lipinski definition) is 2. The van der Waals surface area contributed by atoms with Crippen LogP contribution in [-0.2, 0) is 17.3 Å². The smallest absolute Gasteiger partial charge is 0.306 e. The number of piperidine rings is 1. The zero-order valence-electron chi connectivity index (χ0n) is 17.5. The van der Waals surface area contributed by atoms with E-state index in [1.165, 1.54) is 10.5 Å². The summed E-state index contributed by atoms with van der Waals surface area (Å²) in [5.74, 6) is 0.472. The first kappa shape index (κ1) is 21.1. The predicted octanol–water partition coefficient (Wildman–Crippen LogP) is 2.63. The average molecular weight is 453 g/mol. The minimum absolute atomic E-state index is 0.274. The number of nitrogens with one attached hydrogen (secondary N) is 2. The third-order valence-electron chi connectivity index (χ3n) is 5.44. The fraction of sp³-hybridized carbons (Fsp3) is 0.579. The Balaban J connectivity index is 1.55. The molecule has 1 saturated heterocycles. The molecule has 164 valence electrons. The van der Waals surface area contributed by atoms with E-state index in [1.807, 2.05) is 20.0 Å². The van der Waals surface area contributed by atoms with Crippen molar-refractivity contribution in [3.05, 3.63) is 28.2 Å². The number of thiophene rings is 1. The van der Waals surface area contributed by atoms with Crippen LogP contribution in [0, 0.1) is 6.92 Å². The van der Waals surface area contributed by atoms with E-state index in [0.717, 1.165) is 42.0 Å². The number of anilines is 2. The molecule has 2 aromatic heterocycles. The molecule has 9 nitrogen and oxygen atoms in total. The summed E-state index contributed by atoms with van der Waals surface area (Å²) in [5.41, 5.74) is 1.15. The molecule has 0 radical (unpaired) electrons. The van der Waals surface area contributed by atoms with Crippen LogP contribution in [0.15, 0.2) is 18.5 Å². The number of aromatic nitrogens is 2. The molecular formula is C19H28N6O3S2. The maximum absolute atomic E-state index is 13.3. The third kappa shape index (κ3) is 4.62. The number of aryl methyl sites for hydroxylation is 2. The van der Waals surface area contributed by atoms with Crippen molar-refractivity contribution in [2.24, 2.45) is 7.05 Å². The maximum Gasteiger partial charge on any atom is 0.334 e. The van der Waals surface area contributed by atoms with E-state index in [0.29, 0.717) is 23.8 Å². The third-order valence-corrected chi connectivity index (χ3v) is 8.12. The van der Waals surface area contributed by atoms with Crippen molar-refractivity contribution in [2.75, 3.05) is 29.8 Å². The predicted molar refractivity (Wildman–Crippen MR) is 118 cm³/mol. The fourth-order valence-electron chi connectivity index (χ4n) is 3.99. The highest BCUT2D eigenvalue weighted by Crippen LogP contribution is 2.47. The fourth-order valence-corrected chi connectivity index (χ4v) is 6.46. The van der Waals surface area contributed by atoms with Crippen LogP contribution in [0.25, 0.3) is 0 Å². The van der Waals surface area contributed by atoms with Crippen molar-refractivity contribution in [1.82, 2.24) is 19.4 Å². The lowest BCUT2D eigenvalue weighted by Gasteiger charge is -2.37. The van der Waals surface area contributed by atoms with E-state index in [-0.39, 0.29) is 6.04 Å². The van der Waals surface area contributed by atoms with Gasteiger partial charge in [-0.25, -0.2) is 13.8 Å². The lowest BCUT2D eigenvalue weighted by atomic mass is 10.1. The highest BCUT2D eigenvalue weighted by atomic mass is 32.2. The van der Waals surface area contributed by atoms with Crippen molar-refractivity contribution in [2.45, 2.75) is 44.6 Å². The Labute approximate surface area is 181 Å². The summed E-state index contributed by atoms with van der Waals surface area (Å²) in [6.45, 7) is 3.50. The van der Waals surface area contributed by atoms with Gasteiger partial charge in [0.15, 0.2) is 0 Å². The molecule has 30 heavy (non-hydrogen) atoms. The van der Waals surface area contributed by atoms with Gasteiger partial charge in [-0.15, -0.1) is 11.3 Å². The number of hydrogen-bond acceptors (Lipinski definition) is 6. The molecule has 1 aliphatic carbocycles. The zero-order valence-corrected chi connectivity index (χ0v) is 19.1. The van der Waals surface area contributed by atoms with Crippen LogP contribution in [0.3, 0.4) is 0 Å². The van der Waals surface area contributed by atoms with Crippen LogP contribution in [0.5, 0.6) is 0 Å². The molecule has 11 heteroatoms. The van der Waals surface area contributed by atoms with Crippen LogP contribution < -0.4 is 14.3 Å². The molecule has 0 spiro atoms. The average Bonchev–Trinajstić information content (AvgIpc) is 3.31. The van der Waals surface area contributed by atoms with Gasteiger partial charge in [-0.05, 0) is 58.2 Å². The number of likely N-dealkylation sites (tertiary alicyclic amines) is 1. The molecule has 1 atom stereocenters. The quantitative estimate of drug-likeness (QED) is 0.702. The molecule has 2 aromatic rings. The molecule has 2 N–H and O–H groups in total. The molecule has 1 aliphatic heterocycles. The molecule has 4 rings (SSSR count). The highest BCUT2D eigenvalue weighted by molar-refractivity contribution is 7.91. The van der Waals surface area contributed by atoms with Crippen molar-refractivity contribution in [3.63, 3.8) is 0 Å². The Morgan fingerprint density at radius 1 is 1.30 bits per heavy atom. The summed E-state index contributed by atoms with van der Waals surface area (Å²) in [7, 11) is -0.414. The zero-order chi connectivity index (χ0) is 21.5. The second-order valence-electron chi connectivity index (χ2n) is 8.20. The Morgan fingerprint density at radius 2 is 2.07 bits per heavy atom. The Bertz CT molecular complexity index is 1030. The van der Waals surface area contributed by atoms with Gasteiger partial charge in [0.2, 0.25) is 0 Å². The van der Waals surface area contributed by atoms with Gasteiger partial charge in [0, 0.05) is 29.5 Å². The van der Waals surface area contributed by atoms with Crippen LogP contribution in [0.1, 0.15) is 41.4 Å². The molecule has 1 saturated carbocycles. The van der Waals surface area contributed by atoms with Crippen molar-refractivity contribution < 1.29 is 13.2 Å². The molecular weight excluding hydrogens is 424 g/mol. The van der Waals surface area contributed by atoms with Crippen molar-refractivity contribution >= 4 is 39.0 Å². The summed E-state index contributed by atoms with van der Waals surface area (Å²) < 4.78 is 31.6. The number of likely N-dealkylation sites (N-methyl/N-ethyl adjacent to an activating group) is 1. The van der Waals surface area contributed by atoms with Gasteiger partial charge in [0.05, 0.1) is 23.6 Å². The lowest BCUT2D eigenvalue weighted by Crippen LogP contribution is -2.54. The minimum atomic E-state index is -4.12. The second-order valence-corrected chi connectivity index (χ2v) is 11.0. The lowest BCUT2D eigenvalue weighted by molar-refractivity contribution is 0.251. The molecule has 0 bridgehead atoms. The van der Waals surface area contributed by atoms with E-state index in [4.69, 9.17) is 0 Å². The second kappa shape index (κ2) is 8.20. The van der Waals surface area contributed by atoms with E-state index in [2.05, 4.69) is 20.0 Å². The van der Waals surface area contributed by atoms with E-state index in [9.17, 15) is 13.2 Å². The molecule has 2 fully saturated rings. The maximum atomic E-state index is 13.3. The molecule has 0 aromatic carbocycles. The van der Waals surface area contributed by atoms with Crippen LogP contribution in [0.2, 0.25) is 0 Å². The molecule has 0 unspecified atom stereocenters. The topological polar surface area (TPSA) is 99.6 Å². The molecule has 2 aliphatic rings. The largest absolute Gasteiger partial charge is 0.334 e. The first-order valence-corrected chi connectivity index (χ1v) is 12.4. The normalized spacial score (nSPS) is 20.2. The van der Waals surface area contributed by atoms with Crippen LogP contribution in [-0.4, -0.2) is 55.3 Å². The summed E-state index contributed by atoms with van der Waals surface area (Å²) in [5, 5.41) is 6.88. The number of amides is 2. The monoisotopic (exact) mass is 452 g/mol. The summed E-state index contributed by atoms with van der Waals surface area (Å²) >= 11 is 1.65. The Hall–Kier alpha value is -2.11.